The topological polar surface area (TPSA) is 38.7 Å². The van der Waals surface area contributed by atoms with Crippen molar-refractivity contribution in [1.29, 1.82) is 0 Å². The van der Waals surface area contributed by atoms with Gasteiger partial charge in [-0.3, -0.25) is 0 Å². The third kappa shape index (κ3) is 4.90. The van der Waals surface area contributed by atoms with Crippen LogP contribution in [0.15, 0.2) is 230 Å². The molecule has 0 radical (unpaired) electrons. The van der Waals surface area contributed by atoms with E-state index in [9.17, 15) is 0 Å². The van der Waals surface area contributed by atoms with E-state index in [0.717, 1.165) is 35.1 Å². The van der Waals surface area contributed by atoms with Gasteiger partial charge in [-0.15, -0.1) is 0 Å². The number of hydrogen-bond donors (Lipinski definition) is 0. The molecule has 0 N–H and O–H groups in total. The zero-order valence-electron chi connectivity index (χ0n) is 37.1. The average Bonchev–Trinajstić information content (AvgIpc) is 4.10. The van der Waals surface area contributed by atoms with Crippen molar-refractivity contribution in [2.45, 2.75) is 23.7 Å². The van der Waals surface area contributed by atoms with Crippen LogP contribution < -0.4 is 0 Å². The molecule has 1 unspecified atom stereocenters. The SMILES string of the molecule is C1=CC2=C(CC1)C1(c3ccccc32)c2ccccc2-c2ccc(-c3nc(-c4ccc(-c5ccccc5)cc4)nc(-c4ccc5c(c4)C4(c6ccccc6-c6ccccc64)c4ccccc4-5)n3)cc21. The first kappa shape index (κ1) is 37.7. The molecule has 15 rings (SSSR count). The Morgan fingerprint density at radius 2 is 0.662 bits per heavy atom. The highest BCUT2D eigenvalue weighted by atomic mass is 15.0. The van der Waals surface area contributed by atoms with Gasteiger partial charge in [0, 0.05) is 16.7 Å². The van der Waals surface area contributed by atoms with Crippen molar-refractivity contribution >= 4 is 5.57 Å². The maximum Gasteiger partial charge on any atom is 0.164 e. The summed E-state index contributed by atoms with van der Waals surface area (Å²) in [6.07, 6.45) is 6.75. The lowest BCUT2D eigenvalue weighted by Gasteiger charge is -2.33. The van der Waals surface area contributed by atoms with E-state index < -0.39 is 10.8 Å². The minimum absolute atomic E-state index is 0.401. The summed E-state index contributed by atoms with van der Waals surface area (Å²) in [5.74, 6) is 1.95. The molecule has 0 aliphatic heterocycles. The Kier molecular flexibility index (Phi) is 7.75. The predicted molar refractivity (Wildman–Crippen MR) is 275 cm³/mol. The Morgan fingerprint density at radius 1 is 0.294 bits per heavy atom. The van der Waals surface area contributed by atoms with Gasteiger partial charge in [0.25, 0.3) is 0 Å². The Labute approximate surface area is 395 Å². The minimum Gasteiger partial charge on any atom is -0.208 e. The molecule has 1 atom stereocenters. The standard InChI is InChI=1S/C65H41N3/c1-2-16-40(17-3-1)41-30-32-42(33-31-41)61-66-62(43-34-36-51-49-22-8-14-28-57(49)64(59(51)38-43)53-24-10-4-18-45(53)46-19-5-11-25-54(46)64)68-63(67-61)44-35-37-52-50-23-9-15-29-58(50)65(60(52)39-44)55-26-12-6-20-47(55)48-21-7-13-27-56(48)65/h1-12,14-26,28-39H,13,27H2. The smallest absolute Gasteiger partial charge is 0.164 e. The summed E-state index contributed by atoms with van der Waals surface area (Å²) in [5.41, 5.74) is 25.4. The van der Waals surface area contributed by atoms with Gasteiger partial charge in [-0.25, -0.2) is 15.0 Å². The van der Waals surface area contributed by atoms with Crippen LogP contribution in [0.1, 0.15) is 57.3 Å². The fourth-order valence-electron chi connectivity index (χ4n) is 13.0. The summed E-state index contributed by atoms with van der Waals surface area (Å²) < 4.78 is 0. The Hall–Kier alpha value is -8.53. The van der Waals surface area contributed by atoms with Gasteiger partial charge in [-0.1, -0.05) is 212 Å². The Morgan fingerprint density at radius 3 is 1.19 bits per heavy atom. The summed E-state index contributed by atoms with van der Waals surface area (Å²) >= 11 is 0. The van der Waals surface area contributed by atoms with Crippen LogP contribution in [0.5, 0.6) is 0 Å². The molecule has 316 valence electrons. The molecular formula is C65H41N3. The van der Waals surface area contributed by atoms with Crippen molar-refractivity contribution in [3.05, 3.63) is 275 Å². The zero-order chi connectivity index (χ0) is 44.6. The summed E-state index contributed by atoms with van der Waals surface area (Å²) in [5, 5.41) is 0. The monoisotopic (exact) mass is 863 g/mol. The highest BCUT2D eigenvalue weighted by Gasteiger charge is 2.53. The van der Waals surface area contributed by atoms with Gasteiger partial charge >= 0.3 is 0 Å². The van der Waals surface area contributed by atoms with Crippen LogP contribution in [0.3, 0.4) is 0 Å². The van der Waals surface area contributed by atoms with Crippen LogP contribution in [-0.2, 0) is 10.8 Å². The minimum atomic E-state index is -0.482. The molecule has 0 saturated carbocycles. The van der Waals surface area contributed by atoms with Gasteiger partial charge in [0.15, 0.2) is 17.5 Å². The third-order valence-electron chi connectivity index (χ3n) is 15.7. The molecule has 0 saturated heterocycles. The first-order valence-corrected chi connectivity index (χ1v) is 23.8. The fraction of sp³-hybridized carbons (Fsp3) is 0.0615. The molecule has 2 spiro atoms. The van der Waals surface area contributed by atoms with Crippen LogP contribution in [0.4, 0.5) is 0 Å². The second-order valence-electron chi connectivity index (χ2n) is 18.8. The summed E-state index contributed by atoms with van der Waals surface area (Å²) in [7, 11) is 0. The van der Waals surface area contributed by atoms with Gasteiger partial charge in [0.1, 0.15) is 0 Å². The molecule has 1 aromatic heterocycles. The molecule has 10 aromatic rings. The lowest BCUT2D eigenvalue weighted by Crippen LogP contribution is -2.27. The van der Waals surface area contributed by atoms with Crippen LogP contribution in [0.25, 0.3) is 84.2 Å². The molecule has 9 aromatic carbocycles. The highest BCUT2D eigenvalue weighted by molar-refractivity contribution is 5.99. The van der Waals surface area contributed by atoms with Crippen LogP contribution >= 0.6 is 0 Å². The van der Waals surface area contributed by atoms with Crippen LogP contribution in [-0.4, -0.2) is 15.0 Å². The number of hydrogen-bond acceptors (Lipinski definition) is 3. The number of aromatic nitrogens is 3. The number of rotatable bonds is 4. The van der Waals surface area contributed by atoms with E-state index in [4.69, 9.17) is 15.0 Å². The summed E-state index contributed by atoms with van der Waals surface area (Å²) in [6, 6.07) is 78.1. The maximum absolute atomic E-state index is 5.51. The van der Waals surface area contributed by atoms with E-state index in [1.165, 1.54) is 94.6 Å². The van der Waals surface area contributed by atoms with E-state index in [-0.39, 0.29) is 0 Å². The molecule has 0 amide bonds. The normalized spacial score (nSPS) is 16.8. The van der Waals surface area contributed by atoms with Crippen molar-refractivity contribution in [3.63, 3.8) is 0 Å². The second kappa shape index (κ2) is 14.0. The van der Waals surface area contributed by atoms with Gasteiger partial charge in [-0.2, -0.15) is 0 Å². The van der Waals surface area contributed by atoms with E-state index in [1.807, 2.05) is 0 Å². The first-order valence-electron chi connectivity index (χ1n) is 23.8. The lowest BCUT2D eigenvalue weighted by molar-refractivity contribution is 0.714. The molecule has 0 bridgehead atoms. The average molecular weight is 864 g/mol. The Bertz CT molecular complexity index is 3790. The number of allylic oxidation sites excluding steroid dienone is 4. The van der Waals surface area contributed by atoms with E-state index in [0.29, 0.717) is 17.5 Å². The molecule has 5 aliphatic rings. The van der Waals surface area contributed by atoms with Crippen molar-refractivity contribution in [1.82, 2.24) is 15.0 Å². The van der Waals surface area contributed by atoms with E-state index >= 15 is 0 Å². The molecule has 0 fully saturated rings. The van der Waals surface area contributed by atoms with Gasteiger partial charge in [0.2, 0.25) is 0 Å². The molecule has 3 heteroatoms. The van der Waals surface area contributed by atoms with Crippen LogP contribution in [0.2, 0.25) is 0 Å². The quantitative estimate of drug-likeness (QED) is 0.177. The Balaban J connectivity index is 0.956. The van der Waals surface area contributed by atoms with Crippen molar-refractivity contribution < 1.29 is 0 Å². The van der Waals surface area contributed by atoms with Crippen molar-refractivity contribution in [2.75, 3.05) is 0 Å². The van der Waals surface area contributed by atoms with E-state index in [1.54, 1.807) is 0 Å². The largest absolute Gasteiger partial charge is 0.208 e. The maximum atomic E-state index is 5.51. The fourth-order valence-corrected chi connectivity index (χ4v) is 13.0. The lowest BCUT2D eigenvalue weighted by atomic mass is 9.68. The molecule has 3 nitrogen and oxygen atoms in total. The molecular weight excluding hydrogens is 823 g/mol. The highest BCUT2D eigenvalue weighted by Crippen LogP contribution is 2.65. The summed E-state index contributed by atoms with van der Waals surface area (Å²) in [6.45, 7) is 0. The van der Waals surface area contributed by atoms with Crippen molar-refractivity contribution in [3.8, 4) is 78.7 Å². The first-order chi connectivity index (χ1) is 33.7. The third-order valence-corrected chi connectivity index (χ3v) is 15.7. The predicted octanol–water partition coefficient (Wildman–Crippen LogP) is 15.3. The molecule has 1 heterocycles. The van der Waals surface area contributed by atoms with Crippen molar-refractivity contribution in [2.24, 2.45) is 0 Å². The number of fused-ring (bicyclic) bond motifs is 19. The van der Waals surface area contributed by atoms with E-state index in [2.05, 4.69) is 224 Å². The van der Waals surface area contributed by atoms with Gasteiger partial charge in [-0.05, 0) is 125 Å². The van der Waals surface area contributed by atoms with Gasteiger partial charge in [0.05, 0.1) is 10.8 Å². The molecule has 5 aliphatic carbocycles. The van der Waals surface area contributed by atoms with Gasteiger partial charge < -0.3 is 0 Å². The number of nitrogens with zero attached hydrogens (tertiary/aromatic N) is 3. The second-order valence-corrected chi connectivity index (χ2v) is 18.8. The van der Waals surface area contributed by atoms with Crippen LogP contribution in [0, 0.1) is 0 Å². The summed E-state index contributed by atoms with van der Waals surface area (Å²) in [4.78, 5) is 16.3. The molecule has 68 heavy (non-hydrogen) atoms. The number of benzene rings is 9. The zero-order valence-corrected chi connectivity index (χ0v) is 37.1.